The molecule has 0 aliphatic heterocycles. The first kappa shape index (κ1) is 26.4. The molecule has 2 heterocycles. The van der Waals surface area contributed by atoms with Crippen LogP contribution in [0.15, 0.2) is 121 Å². The van der Waals surface area contributed by atoms with Crippen molar-refractivity contribution >= 4 is 32.5 Å². The Kier molecular flexibility index (Phi) is 6.76. The molecule has 0 N–H and O–H groups in total. The van der Waals surface area contributed by atoms with Gasteiger partial charge in [-0.1, -0.05) is 107 Å². The van der Waals surface area contributed by atoms with Crippen molar-refractivity contribution in [2.24, 2.45) is 0 Å². The second kappa shape index (κ2) is 10.7. The van der Waals surface area contributed by atoms with Crippen LogP contribution in [0, 0.1) is 0 Å². The summed E-state index contributed by atoms with van der Waals surface area (Å²) in [6.07, 6.45) is 0. The van der Waals surface area contributed by atoms with Crippen LogP contribution in [0.3, 0.4) is 0 Å². The molecule has 0 bridgehead atoms. The van der Waals surface area contributed by atoms with Gasteiger partial charge in [0.2, 0.25) is 0 Å². The molecule has 5 aromatic carbocycles. The molecule has 0 aliphatic carbocycles. The summed E-state index contributed by atoms with van der Waals surface area (Å²) in [4.78, 5) is 5.34. The molecule has 3 heteroatoms. The Bertz CT molecular complexity index is 2000. The summed E-state index contributed by atoms with van der Waals surface area (Å²) in [5.74, 6) is 1.67. The van der Waals surface area contributed by atoms with E-state index in [4.69, 9.17) is 4.98 Å². The largest absolute Gasteiger partial charge is 0.292 e. The van der Waals surface area contributed by atoms with Gasteiger partial charge in [0.1, 0.15) is 5.82 Å². The van der Waals surface area contributed by atoms with Gasteiger partial charge in [-0.05, 0) is 81.6 Å². The number of hydrogen-bond acceptors (Lipinski definition) is 2. The summed E-state index contributed by atoms with van der Waals surface area (Å²) in [5.41, 5.74) is 12.3. The number of imidazole rings is 1. The monoisotopic (exact) mass is 562 g/mol. The van der Waals surface area contributed by atoms with E-state index in [1.165, 1.54) is 54.7 Å². The van der Waals surface area contributed by atoms with Crippen LogP contribution in [0.25, 0.3) is 60.4 Å². The van der Waals surface area contributed by atoms with E-state index in [-0.39, 0.29) is 0 Å². The highest BCUT2D eigenvalue weighted by Crippen LogP contribution is 2.43. The number of fused-ring (bicyclic) bond motifs is 2. The molecule has 0 radical (unpaired) electrons. The second-order valence-corrected chi connectivity index (χ2v) is 12.6. The summed E-state index contributed by atoms with van der Waals surface area (Å²) < 4.78 is 3.72. The maximum Gasteiger partial charge on any atom is 0.147 e. The molecule has 42 heavy (non-hydrogen) atoms. The van der Waals surface area contributed by atoms with Crippen molar-refractivity contribution in [3.8, 4) is 39.3 Å². The van der Waals surface area contributed by atoms with Crippen LogP contribution in [-0.2, 0) is 0 Å². The predicted molar refractivity (Wildman–Crippen MR) is 181 cm³/mol. The standard InChI is InChI=1S/C39H34N2S/c1-25(2)31-22-30(28-15-9-6-10-16-28)23-32(26(3)4)38(31)41-36-18-12-11-17-35(36)40-39(41)34-24-42-37-20-19-29(21-33(34)37)27-13-7-5-8-14-27/h5-26H,1-4H3. The van der Waals surface area contributed by atoms with Crippen molar-refractivity contribution in [2.45, 2.75) is 39.5 Å². The van der Waals surface area contributed by atoms with Crippen molar-refractivity contribution < 1.29 is 0 Å². The summed E-state index contributed by atoms with van der Waals surface area (Å²) in [6.45, 7) is 9.23. The molecule has 0 saturated heterocycles. The lowest BCUT2D eigenvalue weighted by Gasteiger charge is -2.24. The lowest BCUT2D eigenvalue weighted by Crippen LogP contribution is -2.09. The molecule has 0 fully saturated rings. The molecule has 7 aromatic rings. The maximum absolute atomic E-state index is 5.34. The fourth-order valence-corrected chi connectivity index (χ4v) is 6.98. The van der Waals surface area contributed by atoms with E-state index < -0.39 is 0 Å². The van der Waals surface area contributed by atoms with Gasteiger partial charge in [0.25, 0.3) is 0 Å². The molecular formula is C39H34N2S. The van der Waals surface area contributed by atoms with E-state index in [1.807, 2.05) is 0 Å². The van der Waals surface area contributed by atoms with Crippen LogP contribution in [0.2, 0.25) is 0 Å². The zero-order valence-electron chi connectivity index (χ0n) is 24.5. The number of benzene rings is 5. The van der Waals surface area contributed by atoms with E-state index in [9.17, 15) is 0 Å². The number of thiophene rings is 1. The predicted octanol–water partition coefficient (Wildman–Crippen LogP) is 11.5. The number of rotatable bonds is 6. The first-order valence-corrected chi connectivity index (χ1v) is 15.7. The molecule has 2 aromatic heterocycles. The molecule has 206 valence electrons. The average molecular weight is 563 g/mol. The first-order chi connectivity index (χ1) is 20.5. The molecule has 0 spiro atoms. The molecular weight excluding hydrogens is 529 g/mol. The molecule has 0 saturated carbocycles. The van der Waals surface area contributed by atoms with Crippen molar-refractivity contribution in [3.63, 3.8) is 0 Å². The van der Waals surface area contributed by atoms with Gasteiger partial charge < -0.3 is 0 Å². The Labute approximate surface area is 251 Å². The van der Waals surface area contributed by atoms with Gasteiger partial charge in [-0.2, -0.15) is 0 Å². The Hall–Kier alpha value is -4.47. The Morgan fingerprint density at radius 2 is 1.19 bits per heavy atom. The third-order valence-electron chi connectivity index (χ3n) is 8.23. The quantitative estimate of drug-likeness (QED) is 0.197. The van der Waals surface area contributed by atoms with Crippen LogP contribution in [0.5, 0.6) is 0 Å². The van der Waals surface area contributed by atoms with Crippen molar-refractivity contribution in [3.05, 3.63) is 132 Å². The maximum atomic E-state index is 5.34. The van der Waals surface area contributed by atoms with Gasteiger partial charge in [-0.15, -0.1) is 11.3 Å². The fourth-order valence-electron chi connectivity index (χ4n) is 6.06. The minimum Gasteiger partial charge on any atom is -0.292 e. The fraction of sp³-hybridized carbons (Fsp3) is 0.154. The zero-order valence-corrected chi connectivity index (χ0v) is 25.3. The molecule has 0 unspecified atom stereocenters. The highest BCUT2D eigenvalue weighted by molar-refractivity contribution is 7.17. The highest BCUT2D eigenvalue weighted by Gasteiger charge is 2.24. The number of aromatic nitrogens is 2. The third-order valence-corrected chi connectivity index (χ3v) is 9.19. The summed E-state index contributed by atoms with van der Waals surface area (Å²) in [5, 5.41) is 3.54. The van der Waals surface area contributed by atoms with Crippen LogP contribution in [0.4, 0.5) is 0 Å². The smallest absolute Gasteiger partial charge is 0.147 e. The number of hydrogen-bond donors (Lipinski definition) is 0. The second-order valence-electron chi connectivity index (χ2n) is 11.7. The number of para-hydroxylation sites is 2. The summed E-state index contributed by atoms with van der Waals surface area (Å²) in [7, 11) is 0. The molecule has 0 aliphatic rings. The Morgan fingerprint density at radius 1 is 0.595 bits per heavy atom. The third kappa shape index (κ3) is 4.55. The first-order valence-electron chi connectivity index (χ1n) is 14.8. The molecule has 0 atom stereocenters. The molecule has 0 amide bonds. The van der Waals surface area contributed by atoms with Gasteiger partial charge in [-0.3, -0.25) is 4.57 Å². The topological polar surface area (TPSA) is 17.8 Å². The lowest BCUT2D eigenvalue weighted by atomic mass is 9.88. The van der Waals surface area contributed by atoms with E-state index >= 15 is 0 Å². The lowest BCUT2D eigenvalue weighted by molar-refractivity contribution is 0.812. The SMILES string of the molecule is CC(C)c1cc(-c2ccccc2)cc(C(C)C)c1-n1c(-c2csc3ccc(-c4ccccc4)cc23)nc2ccccc21. The Balaban J connectivity index is 1.54. The average Bonchev–Trinajstić information content (AvgIpc) is 3.62. The van der Waals surface area contributed by atoms with Gasteiger partial charge in [0, 0.05) is 21.0 Å². The van der Waals surface area contributed by atoms with Crippen molar-refractivity contribution in [1.29, 1.82) is 0 Å². The summed E-state index contributed by atoms with van der Waals surface area (Å²) >= 11 is 1.79. The number of nitrogens with zero attached hydrogens (tertiary/aromatic N) is 2. The van der Waals surface area contributed by atoms with E-state index in [0.29, 0.717) is 11.8 Å². The molecule has 2 nitrogen and oxygen atoms in total. The molecule has 7 rings (SSSR count). The minimum absolute atomic E-state index is 0.332. The van der Waals surface area contributed by atoms with E-state index in [1.54, 1.807) is 11.3 Å². The van der Waals surface area contributed by atoms with Gasteiger partial charge in [-0.25, -0.2) is 4.98 Å². The Morgan fingerprint density at radius 3 is 1.83 bits per heavy atom. The van der Waals surface area contributed by atoms with Crippen molar-refractivity contribution in [1.82, 2.24) is 9.55 Å². The van der Waals surface area contributed by atoms with Crippen LogP contribution in [-0.4, -0.2) is 9.55 Å². The van der Waals surface area contributed by atoms with Crippen LogP contribution >= 0.6 is 11.3 Å². The van der Waals surface area contributed by atoms with Crippen LogP contribution < -0.4 is 0 Å². The van der Waals surface area contributed by atoms with Gasteiger partial charge in [0.15, 0.2) is 0 Å². The normalized spacial score (nSPS) is 11.8. The van der Waals surface area contributed by atoms with Crippen LogP contribution in [0.1, 0.15) is 50.7 Å². The van der Waals surface area contributed by atoms with Gasteiger partial charge >= 0.3 is 0 Å². The zero-order chi connectivity index (χ0) is 28.8. The summed E-state index contributed by atoms with van der Waals surface area (Å²) in [6, 6.07) is 41.6. The van der Waals surface area contributed by atoms with Crippen molar-refractivity contribution in [2.75, 3.05) is 0 Å². The van der Waals surface area contributed by atoms with Gasteiger partial charge in [0.05, 0.1) is 16.7 Å². The van der Waals surface area contributed by atoms with E-state index in [0.717, 1.165) is 16.9 Å². The minimum atomic E-state index is 0.332. The highest BCUT2D eigenvalue weighted by atomic mass is 32.1. The van der Waals surface area contributed by atoms with E-state index in [2.05, 4.69) is 153 Å².